The molecule has 0 amide bonds. The minimum Gasteiger partial charge on any atom is -0.378 e. The normalized spacial score (nSPS) is 11.3. The van der Waals surface area contributed by atoms with Gasteiger partial charge in [-0.25, -0.2) is 4.98 Å². The molecule has 5 heteroatoms. The molecule has 150 valence electrons. The van der Waals surface area contributed by atoms with Gasteiger partial charge in [0.1, 0.15) is 5.82 Å². The maximum Gasteiger partial charge on any atom is 0.266 e. The van der Waals surface area contributed by atoms with Crippen molar-refractivity contribution < 1.29 is 0 Å². The molecular weight excluding hydrogens is 438 g/mol. The van der Waals surface area contributed by atoms with E-state index in [9.17, 15) is 4.79 Å². The standard InChI is InChI=1S/C25H22BrN3O/c1-17-6-4-5-7-23(17)29-24(15-10-18-8-12-20(13-9-18)28(2)3)27-22-14-11-19(26)16-21(22)25(29)30/h4-16H,1-3H3. The Hall–Kier alpha value is -3.18. The number of para-hydroxylation sites is 1. The van der Waals surface area contributed by atoms with Gasteiger partial charge in [-0.3, -0.25) is 9.36 Å². The molecule has 4 nitrogen and oxygen atoms in total. The van der Waals surface area contributed by atoms with Crippen LogP contribution in [0.2, 0.25) is 0 Å². The molecule has 0 radical (unpaired) electrons. The summed E-state index contributed by atoms with van der Waals surface area (Å²) in [5, 5.41) is 0.583. The average molecular weight is 460 g/mol. The highest BCUT2D eigenvalue weighted by atomic mass is 79.9. The summed E-state index contributed by atoms with van der Waals surface area (Å²) < 4.78 is 2.55. The molecule has 0 saturated heterocycles. The van der Waals surface area contributed by atoms with E-state index in [1.54, 1.807) is 4.57 Å². The zero-order valence-electron chi connectivity index (χ0n) is 17.1. The first-order valence-corrected chi connectivity index (χ1v) is 10.5. The van der Waals surface area contributed by atoms with Crippen LogP contribution in [0.5, 0.6) is 0 Å². The molecule has 0 atom stereocenters. The summed E-state index contributed by atoms with van der Waals surface area (Å²) in [6, 6.07) is 21.7. The van der Waals surface area contributed by atoms with Crippen LogP contribution in [0.4, 0.5) is 5.69 Å². The van der Waals surface area contributed by atoms with Gasteiger partial charge in [0.05, 0.1) is 16.6 Å². The minimum absolute atomic E-state index is 0.0850. The van der Waals surface area contributed by atoms with E-state index in [0.29, 0.717) is 16.7 Å². The van der Waals surface area contributed by atoms with Crippen LogP contribution >= 0.6 is 15.9 Å². The van der Waals surface area contributed by atoms with E-state index in [1.165, 1.54) is 0 Å². The van der Waals surface area contributed by atoms with Crippen molar-refractivity contribution in [3.63, 3.8) is 0 Å². The molecule has 4 rings (SSSR count). The summed E-state index contributed by atoms with van der Waals surface area (Å²) in [5.74, 6) is 0.598. The number of aryl methyl sites for hydroxylation is 1. The Balaban J connectivity index is 1.89. The molecule has 3 aromatic carbocycles. The van der Waals surface area contributed by atoms with Crippen LogP contribution in [-0.4, -0.2) is 23.6 Å². The van der Waals surface area contributed by atoms with Crippen molar-refractivity contribution in [2.45, 2.75) is 6.92 Å². The molecule has 0 N–H and O–H groups in total. The molecule has 0 aliphatic heterocycles. The van der Waals surface area contributed by atoms with Crippen LogP contribution < -0.4 is 10.5 Å². The van der Waals surface area contributed by atoms with E-state index in [1.807, 2.05) is 75.6 Å². The van der Waals surface area contributed by atoms with Crippen molar-refractivity contribution in [1.29, 1.82) is 0 Å². The van der Waals surface area contributed by atoms with Crippen molar-refractivity contribution in [2.24, 2.45) is 0 Å². The number of benzene rings is 3. The number of hydrogen-bond acceptors (Lipinski definition) is 3. The third kappa shape index (κ3) is 3.94. The van der Waals surface area contributed by atoms with Gasteiger partial charge in [0.25, 0.3) is 5.56 Å². The number of aromatic nitrogens is 2. The second kappa shape index (κ2) is 8.28. The smallest absolute Gasteiger partial charge is 0.266 e. The van der Waals surface area contributed by atoms with Crippen molar-refractivity contribution in [1.82, 2.24) is 9.55 Å². The van der Waals surface area contributed by atoms with Crippen LogP contribution in [0.15, 0.2) is 76.0 Å². The molecule has 0 aliphatic carbocycles. The van der Waals surface area contributed by atoms with E-state index in [-0.39, 0.29) is 5.56 Å². The third-order valence-corrected chi connectivity index (χ3v) is 5.54. The molecule has 0 aliphatic rings. The molecule has 0 spiro atoms. The zero-order valence-corrected chi connectivity index (χ0v) is 18.7. The first kappa shape index (κ1) is 20.1. The first-order chi connectivity index (χ1) is 14.4. The Labute approximate surface area is 184 Å². The van der Waals surface area contributed by atoms with Crippen LogP contribution in [0, 0.1) is 6.92 Å². The van der Waals surface area contributed by atoms with Gasteiger partial charge in [0, 0.05) is 24.3 Å². The fourth-order valence-electron chi connectivity index (χ4n) is 3.39. The summed E-state index contributed by atoms with van der Waals surface area (Å²) in [7, 11) is 4.03. The predicted octanol–water partition coefficient (Wildman–Crippen LogP) is 5.69. The lowest BCUT2D eigenvalue weighted by Crippen LogP contribution is -2.23. The predicted molar refractivity (Wildman–Crippen MR) is 129 cm³/mol. The molecule has 0 unspecified atom stereocenters. The van der Waals surface area contributed by atoms with Crippen molar-refractivity contribution in [3.05, 3.63) is 98.5 Å². The van der Waals surface area contributed by atoms with Gasteiger partial charge < -0.3 is 4.90 Å². The van der Waals surface area contributed by atoms with E-state index in [4.69, 9.17) is 4.98 Å². The topological polar surface area (TPSA) is 38.1 Å². The maximum atomic E-state index is 13.4. The van der Waals surface area contributed by atoms with E-state index < -0.39 is 0 Å². The quantitative estimate of drug-likeness (QED) is 0.393. The third-order valence-electron chi connectivity index (χ3n) is 5.05. The fourth-order valence-corrected chi connectivity index (χ4v) is 3.75. The van der Waals surface area contributed by atoms with Crippen LogP contribution in [0.1, 0.15) is 17.0 Å². The molecule has 1 aromatic heterocycles. The van der Waals surface area contributed by atoms with Crippen molar-refractivity contribution >= 4 is 44.7 Å². The van der Waals surface area contributed by atoms with Gasteiger partial charge in [0.15, 0.2) is 0 Å². The SMILES string of the molecule is Cc1ccccc1-n1c(C=Cc2ccc(N(C)C)cc2)nc2ccc(Br)cc2c1=O. The number of fused-ring (bicyclic) bond motifs is 1. The van der Waals surface area contributed by atoms with E-state index >= 15 is 0 Å². The number of hydrogen-bond donors (Lipinski definition) is 0. The molecule has 30 heavy (non-hydrogen) atoms. The van der Waals surface area contributed by atoms with E-state index in [2.05, 4.69) is 45.1 Å². The Kier molecular flexibility index (Phi) is 5.55. The van der Waals surface area contributed by atoms with Gasteiger partial charge in [-0.15, -0.1) is 0 Å². The number of anilines is 1. The highest BCUT2D eigenvalue weighted by molar-refractivity contribution is 9.10. The minimum atomic E-state index is -0.0850. The highest BCUT2D eigenvalue weighted by Gasteiger charge is 2.13. The number of halogens is 1. The largest absolute Gasteiger partial charge is 0.378 e. The van der Waals surface area contributed by atoms with Gasteiger partial charge in [-0.2, -0.15) is 0 Å². The molecule has 0 bridgehead atoms. The highest BCUT2D eigenvalue weighted by Crippen LogP contribution is 2.21. The van der Waals surface area contributed by atoms with Gasteiger partial charge >= 0.3 is 0 Å². The second-order valence-corrected chi connectivity index (χ2v) is 8.29. The summed E-state index contributed by atoms with van der Waals surface area (Å²) in [6.45, 7) is 2.00. The number of nitrogens with zero attached hydrogens (tertiary/aromatic N) is 3. The van der Waals surface area contributed by atoms with Crippen LogP contribution in [0.3, 0.4) is 0 Å². The average Bonchev–Trinajstić information content (AvgIpc) is 2.74. The van der Waals surface area contributed by atoms with Gasteiger partial charge in [0.2, 0.25) is 0 Å². The summed E-state index contributed by atoms with van der Waals surface area (Å²) in [6.07, 6.45) is 3.89. The van der Waals surface area contributed by atoms with Crippen LogP contribution in [0.25, 0.3) is 28.7 Å². The number of rotatable bonds is 4. The lowest BCUT2D eigenvalue weighted by molar-refractivity contribution is 0.934. The molecule has 0 fully saturated rings. The zero-order chi connectivity index (χ0) is 21.3. The molecule has 0 saturated carbocycles. The first-order valence-electron chi connectivity index (χ1n) is 9.68. The molecular formula is C25H22BrN3O. The molecule has 1 heterocycles. The fraction of sp³-hybridized carbons (Fsp3) is 0.120. The monoisotopic (exact) mass is 459 g/mol. The lowest BCUT2D eigenvalue weighted by Gasteiger charge is -2.14. The Morgan fingerprint density at radius 1 is 0.967 bits per heavy atom. The maximum absolute atomic E-state index is 13.4. The van der Waals surface area contributed by atoms with Crippen LogP contribution in [-0.2, 0) is 0 Å². The summed E-state index contributed by atoms with van der Waals surface area (Å²) in [5.41, 5.74) is 4.62. The summed E-state index contributed by atoms with van der Waals surface area (Å²) in [4.78, 5) is 20.3. The molecule has 4 aromatic rings. The lowest BCUT2D eigenvalue weighted by atomic mass is 10.1. The van der Waals surface area contributed by atoms with Gasteiger partial charge in [-0.05, 0) is 60.5 Å². The Morgan fingerprint density at radius 3 is 2.40 bits per heavy atom. The van der Waals surface area contributed by atoms with Gasteiger partial charge in [-0.1, -0.05) is 52.3 Å². The van der Waals surface area contributed by atoms with Crippen molar-refractivity contribution in [3.8, 4) is 5.69 Å². The van der Waals surface area contributed by atoms with Crippen molar-refractivity contribution in [2.75, 3.05) is 19.0 Å². The van der Waals surface area contributed by atoms with E-state index in [0.717, 1.165) is 27.0 Å². The Morgan fingerprint density at radius 2 is 1.70 bits per heavy atom. The summed E-state index contributed by atoms with van der Waals surface area (Å²) >= 11 is 3.46. The Bertz CT molecular complexity index is 1300. The second-order valence-electron chi connectivity index (χ2n) is 7.38.